The molecule has 2 heterocycles. The zero-order valence-corrected chi connectivity index (χ0v) is 19.9. The summed E-state index contributed by atoms with van der Waals surface area (Å²) in [6, 6.07) is 12.0. The average molecular weight is 492 g/mol. The summed E-state index contributed by atoms with van der Waals surface area (Å²) in [5, 5.41) is 2.83. The van der Waals surface area contributed by atoms with Gasteiger partial charge in [0.05, 0.1) is 25.1 Å². The van der Waals surface area contributed by atoms with Crippen molar-refractivity contribution in [2.45, 2.75) is 4.90 Å². The normalized spacial score (nSPS) is 16.6. The molecule has 1 fully saturated rings. The zero-order valence-electron chi connectivity index (χ0n) is 19.1. The molecule has 0 unspecified atom stereocenters. The highest BCUT2D eigenvalue weighted by Crippen LogP contribution is 2.33. The monoisotopic (exact) mass is 491 g/mol. The van der Waals surface area contributed by atoms with E-state index < -0.39 is 10.0 Å². The number of hydrogen-bond acceptors (Lipinski definition) is 8. The Hall–Kier alpha value is -3.02. The number of carbonyl (C=O) groups excluding carboxylic acids is 1. The van der Waals surface area contributed by atoms with Gasteiger partial charge in [0.25, 0.3) is 0 Å². The molecule has 10 nitrogen and oxygen atoms in total. The van der Waals surface area contributed by atoms with Crippen LogP contribution in [0.2, 0.25) is 0 Å². The molecule has 0 aromatic heterocycles. The molecule has 0 atom stereocenters. The summed E-state index contributed by atoms with van der Waals surface area (Å²) in [5.74, 6) is 2.12. The molecule has 2 aliphatic rings. The number of sulfonamides is 1. The summed E-state index contributed by atoms with van der Waals surface area (Å²) < 4.78 is 49.4. The molecule has 0 spiro atoms. The van der Waals surface area contributed by atoms with Crippen LogP contribution >= 0.6 is 0 Å². The molecule has 184 valence electrons. The van der Waals surface area contributed by atoms with Gasteiger partial charge in [0, 0.05) is 32.2 Å². The first-order valence-electron chi connectivity index (χ1n) is 11.1. The van der Waals surface area contributed by atoms with Crippen LogP contribution in [0.15, 0.2) is 47.4 Å². The average Bonchev–Trinajstić information content (AvgIpc) is 2.87. The number of para-hydroxylation sites is 2. The van der Waals surface area contributed by atoms with Crippen LogP contribution in [0.1, 0.15) is 0 Å². The topological polar surface area (TPSA) is 107 Å². The van der Waals surface area contributed by atoms with Crippen molar-refractivity contribution in [3.63, 3.8) is 0 Å². The van der Waals surface area contributed by atoms with Gasteiger partial charge in [0.15, 0.2) is 23.0 Å². The van der Waals surface area contributed by atoms with Crippen LogP contribution in [-0.4, -0.2) is 89.7 Å². The van der Waals surface area contributed by atoms with E-state index in [4.69, 9.17) is 18.9 Å². The number of nitrogens with zero attached hydrogens (tertiary/aromatic N) is 2. The van der Waals surface area contributed by atoms with Crippen molar-refractivity contribution in [2.75, 3.05) is 66.2 Å². The fourth-order valence-corrected chi connectivity index (χ4v) is 5.25. The van der Waals surface area contributed by atoms with Crippen molar-refractivity contribution in [3.8, 4) is 23.0 Å². The van der Waals surface area contributed by atoms with Gasteiger partial charge in [-0.05, 0) is 24.3 Å². The number of carbonyl (C=O) groups is 1. The molecule has 1 amide bonds. The number of rotatable bonds is 9. The molecule has 1 saturated heterocycles. The van der Waals surface area contributed by atoms with E-state index in [0.717, 1.165) is 0 Å². The standard InChI is InChI=1S/C23H29N3O7S/c1-30-19-4-2-3-5-20(19)31-13-8-24-23(27)17-25-9-11-26(12-10-25)34(28,29)18-6-7-21-22(16-18)33-15-14-32-21/h2-7,16H,8-15,17H2,1H3,(H,24,27). The minimum absolute atomic E-state index is 0.133. The molecule has 2 aromatic rings. The van der Waals surface area contributed by atoms with Gasteiger partial charge < -0.3 is 24.3 Å². The Morgan fingerprint density at radius 2 is 1.71 bits per heavy atom. The zero-order chi connectivity index (χ0) is 24.0. The maximum Gasteiger partial charge on any atom is 0.243 e. The number of hydrogen-bond donors (Lipinski definition) is 1. The number of piperazine rings is 1. The summed E-state index contributed by atoms with van der Waals surface area (Å²) in [6.45, 7) is 3.26. The van der Waals surface area contributed by atoms with Crippen LogP contribution in [0.3, 0.4) is 0 Å². The summed E-state index contributed by atoms with van der Waals surface area (Å²) in [7, 11) is -2.08. The SMILES string of the molecule is COc1ccccc1OCCNC(=O)CN1CCN(S(=O)(=O)c2ccc3c(c2)OCCO3)CC1. The lowest BCUT2D eigenvalue weighted by Gasteiger charge is -2.33. The van der Waals surface area contributed by atoms with Crippen LogP contribution in [0, 0.1) is 0 Å². The second-order valence-corrected chi connectivity index (χ2v) is 9.77. The van der Waals surface area contributed by atoms with Gasteiger partial charge in [-0.25, -0.2) is 8.42 Å². The van der Waals surface area contributed by atoms with E-state index in [9.17, 15) is 13.2 Å². The van der Waals surface area contributed by atoms with Crippen LogP contribution in [-0.2, 0) is 14.8 Å². The third-order valence-corrected chi connectivity index (χ3v) is 7.50. The van der Waals surface area contributed by atoms with Gasteiger partial charge in [-0.2, -0.15) is 4.31 Å². The van der Waals surface area contributed by atoms with Crippen molar-refractivity contribution in [1.82, 2.24) is 14.5 Å². The molecular weight excluding hydrogens is 462 g/mol. The van der Waals surface area contributed by atoms with E-state index in [1.54, 1.807) is 19.2 Å². The molecule has 0 bridgehead atoms. The maximum atomic E-state index is 13.0. The quantitative estimate of drug-likeness (QED) is 0.517. The molecule has 2 aromatic carbocycles. The largest absolute Gasteiger partial charge is 0.493 e. The smallest absolute Gasteiger partial charge is 0.243 e. The number of methoxy groups -OCH3 is 1. The van der Waals surface area contributed by atoms with Gasteiger partial charge in [-0.1, -0.05) is 12.1 Å². The third-order valence-electron chi connectivity index (χ3n) is 5.60. The lowest BCUT2D eigenvalue weighted by atomic mass is 10.3. The van der Waals surface area contributed by atoms with Crippen molar-refractivity contribution >= 4 is 15.9 Å². The summed E-state index contributed by atoms with van der Waals surface area (Å²) in [4.78, 5) is 14.4. The Balaban J connectivity index is 1.21. The summed E-state index contributed by atoms with van der Waals surface area (Å²) in [5.41, 5.74) is 0. The fourth-order valence-electron chi connectivity index (χ4n) is 3.81. The van der Waals surface area contributed by atoms with E-state index in [2.05, 4.69) is 5.32 Å². The highest BCUT2D eigenvalue weighted by atomic mass is 32.2. The molecule has 1 N–H and O–H groups in total. The fraction of sp³-hybridized carbons (Fsp3) is 0.435. The van der Waals surface area contributed by atoms with Crippen LogP contribution < -0.4 is 24.3 Å². The Kier molecular flexibility index (Phi) is 7.76. The number of nitrogens with one attached hydrogen (secondary N) is 1. The number of fused-ring (bicyclic) bond motifs is 1. The number of amides is 1. The molecule has 34 heavy (non-hydrogen) atoms. The Labute approximate surface area is 199 Å². The molecule has 4 rings (SSSR count). The highest BCUT2D eigenvalue weighted by molar-refractivity contribution is 7.89. The Bertz CT molecular complexity index is 1100. The minimum Gasteiger partial charge on any atom is -0.493 e. The Morgan fingerprint density at radius 3 is 2.44 bits per heavy atom. The van der Waals surface area contributed by atoms with Crippen molar-refractivity contribution in [1.29, 1.82) is 0 Å². The predicted molar refractivity (Wildman–Crippen MR) is 124 cm³/mol. The van der Waals surface area contributed by atoms with Gasteiger partial charge in [-0.3, -0.25) is 9.69 Å². The summed E-state index contributed by atoms with van der Waals surface area (Å²) in [6.07, 6.45) is 0. The van der Waals surface area contributed by atoms with Gasteiger partial charge in [0.2, 0.25) is 15.9 Å². The van der Waals surface area contributed by atoms with Crippen LogP contribution in [0.5, 0.6) is 23.0 Å². The van der Waals surface area contributed by atoms with Crippen LogP contribution in [0.4, 0.5) is 0 Å². The van der Waals surface area contributed by atoms with E-state index in [1.165, 1.54) is 16.4 Å². The van der Waals surface area contributed by atoms with Gasteiger partial charge in [-0.15, -0.1) is 0 Å². The predicted octanol–water partition coefficient (Wildman–Crippen LogP) is 0.968. The number of ether oxygens (including phenoxy) is 4. The van der Waals surface area contributed by atoms with Crippen molar-refractivity contribution in [2.24, 2.45) is 0 Å². The van der Waals surface area contributed by atoms with E-state index in [-0.39, 0.29) is 17.3 Å². The summed E-state index contributed by atoms with van der Waals surface area (Å²) >= 11 is 0. The second kappa shape index (κ2) is 10.9. The Morgan fingerprint density at radius 1 is 1.00 bits per heavy atom. The first kappa shape index (κ1) is 24.1. The molecule has 0 radical (unpaired) electrons. The lowest BCUT2D eigenvalue weighted by molar-refractivity contribution is -0.122. The van der Waals surface area contributed by atoms with Gasteiger partial charge >= 0.3 is 0 Å². The van der Waals surface area contributed by atoms with E-state index in [0.29, 0.717) is 75.5 Å². The highest BCUT2D eigenvalue weighted by Gasteiger charge is 2.30. The van der Waals surface area contributed by atoms with Gasteiger partial charge in [0.1, 0.15) is 19.8 Å². The minimum atomic E-state index is -3.65. The molecule has 11 heteroatoms. The second-order valence-electron chi connectivity index (χ2n) is 7.83. The lowest BCUT2D eigenvalue weighted by Crippen LogP contribution is -2.51. The number of benzene rings is 2. The van der Waals surface area contributed by atoms with Crippen LogP contribution in [0.25, 0.3) is 0 Å². The first-order valence-corrected chi connectivity index (χ1v) is 12.6. The van der Waals surface area contributed by atoms with E-state index in [1.807, 2.05) is 23.1 Å². The van der Waals surface area contributed by atoms with Crippen molar-refractivity contribution < 1.29 is 32.2 Å². The molecule has 0 aliphatic carbocycles. The molecular formula is C23H29N3O7S. The van der Waals surface area contributed by atoms with E-state index >= 15 is 0 Å². The molecule has 2 aliphatic heterocycles. The van der Waals surface area contributed by atoms with Crippen molar-refractivity contribution in [3.05, 3.63) is 42.5 Å². The molecule has 0 saturated carbocycles. The maximum absolute atomic E-state index is 13.0. The third kappa shape index (κ3) is 5.72. The first-order chi connectivity index (χ1) is 16.5.